The topological polar surface area (TPSA) is 3.24 Å². The van der Waals surface area contributed by atoms with Crippen molar-refractivity contribution in [2.45, 2.75) is 33.1 Å². The van der Waals surface area contributed by atoms with E-state index in [-0.39, 0.29) is 0 Å². The molecular weight excluding hydrogens is 225 g/mol. The third kappa shape index (κ3) is 3.22. The molecule has 1 aromatic carbocycles. The van der Waals surface area contributed by atoms with E-state index in [1.54, 1.807) is 6.08 Å². The molecule has 0 saturated carbocycles. The standard InChI is InChI=1S/C16H22FN/c1-5-8-11-14-13(6-2)10-9-12-15(14)16(7-3)18(4)17/h6-7,9-10,12H,2,5,8,11H2,1,3-4H3/b16-7-. The van der Waals surface area contributed by atoms with E-state index < -0.39 is 0 Å². The minimum absolute atomic E-state index is 0.616. The van der Waals surface area contributed by atoms with E-state index in [2.05, 4.69) is 13.5 Å². The Labute approximate surface area is 110 Å². The molecule has 0 aromatic heterocycles. The van der Waals surface area contributed by atoms with Gasteiger partial charge in [-0.3, -0.25) is 0 Å². The van der Waals surface area contributed by atoms with E-state index in [9.17, 15) is 4.48 Å². The number of unbranched alkanes of at least 4 members (excludes halogenated alkanes) is 1. The summed E-state index contributed by atoms with van der Waals surface area (Å²) in [4.78, 5) is 0. The van der Waals surface area contributed by atoms with Gasteiger partial charge in [0.25, 0.3) is 0 Å². The Balaban J connectivity index is 3.28. The van der Waals surface area contributed by atoms with Gasteiger partial charge in [0.15, 0.2) is 0 Å². The van der Waals surface area contributed by atoms with Crippen LogP contribution in [0.15, 0.2) is 30.9 Å². The summed E-state index contributed by atoms with van der Waals surface area (Å²) in [6.45, 7) is 7.86. The number of hydrogen-bond acceptors (Lipinski definition) is 1. The highest BCUT2D eigenvalue weighted by molar-refractivity contribution is 5.70. The molecule has 0 heterocycles. The Morgan fingerprint density at radius 1 is 1.44 bits per heavy atom. The van der Waals surface area contributed by atoms with Crippen LogP contribution in [-0.2, 0) is 6.42 Å². The number of hydrogen-bond donors (Lipinski definition) is 0. The molecule has 98 valence electrons. The lowest BCUT2D eigenvalue weighted by atomic mass is 9.94. The quantitative estimate of drug-likeness (QED) is 0.649. The van der Waals surface area contributed by atoms with Gasteiger partial charge in [-0.15, -0.1) is 4.48 Å². The second-order valence-electron chi connectivity index (χ2n) is 4.33. The molecule has 0 atom stereocenters. The van der Waals surface area contributed by atoms with E-state index in [4.69, 9.17) is 0 Å². The maximum atomic E-state index is 13.5. The molecule has 0 spiro atoms. The average Bonchev–Trinajstić information content (AvgIpc) is 2.37. The molecule has 0 aliphatic rings. The highest BCUT2D eigenvalue weighted by Crippen LogP contribution is 2.27. The molecule has 0 fully saturated rings. The van der Waals surface area contributed by atoms with Crippen LogP contribution in [0.3, 0.4) is 0 Å². The first-order valence-corrected chi connectivity index (χ1v) is 6.46. The number of allylic oxidation sites excluding steroid dienone is 1. The number of benzene rings is 1. The fourth-order valence-electron chi connectivity index (χ4n) is 2.17. The molecule has 0 amide bonds. The van der Waals surface area contributed by atoms with Gasteiger partial charge in [-0.05, 0) is 30.9 Å². The zero-order valence-corrected chi connectivity index (χ0v) is 11.5. The predicted octanol–water partition coefficient (Wildman–Crippen LogP) is 4.85. The summed E-state index contributed by atoms with van der Waals surface area (Å²) < 4.78 is 13.5. The largest absolute Gasteiger partial charge is 0.215 e. The first-order chi connectivity index (χ1) is 8.65. The first-order valence-electron chi connectivity index (χ1n) is 6.46. The molecule has 0 aliphatic heterocycles. The summed E-state index contributed by atoms with van der Waals surface area (Å²) >= 11 is 0. The van der Waals surface area contributed by atoms with Crippen molar-refractivity contribution in [2.75, 3.05) is 7.05 Å². The summed E-state index contributed by atoms with van der Waals surface area (Å²) in [7, 11) is 1.43. The Bertz CT molecular complexity index is 433. The van der Waals surface area contributed by atoms with Crippen LogP contribution in [0.25, 0.3) is 11.8 Å². The second-order valence-corrected chi connectivity index (χ2v) is 4.33. The highest BCUT2D eigenvalue weighted by Gasteiger charge is 2.12. The molecule has 0 aliphatic carbocycles. The SMILES string of the molecule is C=Cc1cccc(/C(=C/C)N(C)F)c1CCCC. The summed E-state index contributed by atoms with van der Waals surface area (Å²) in [5.74, 6) is 0. The van der Waals surface area contributed by atoms with Crippen molar-refractivity contribution in [3.63, 3.8) is 0 Å². The maximum Gasteiger partial charge on any atom is 0.0716 e. The minimum Gasteiger partial charge on any atom is -0.215 e. The van der Waals surface area contributed by atoms with Gasteiger partial charge in [-0.2, -0.15) is 0 Å². The van der Waals surface area contributed by atoms with Crippen LogP contribution >= 0.6 is 0 Å². The highest BCUT2D eigenvalue weighted by atomic mass is 19.2. The summed E-state index contributed by atoms with van der Waals surface area (Å²) in [6, 6.07) is 5.96. The number of rotatable bonds is 6. The van der Waals surface area contributed by atoms with Gasteiger partial charge in [0, 0.05) is 12.6 Å². The molecule has 0 unspecified atom stereocenters. The Morgan fingerprint density at radius 3 is 2.67 bits per heavy atom. The maximum absolute atomic E-state index is 13.5. The van der Waals surface area contributed by atoms with Crippen molar-refractivity contribution in [1.82, 2.24) is 5.12 Å². The molecule has 1 aromatic rings. The number of halogens is 1. The van der Waals surface area contributed by atoms with Crippen LogP contribution in [-0.4, -0.2) is 12.2 Å². The minimum atomic E-state index is 0.616. The Kier molecular flexibility index (Phi) is 5.63. The summed E-state index contributed by atoms with van der Waals surface area (Å²) in [5.41, 5.74) is 3.87. The van der Waals surface area contributed by atoms with Crippen LogP contribution in [0.1, 0.15) is 43.4 Å². The molecule has 2 heteroatoms. The zero-order valence-electron chi connectivity index (χ0n) is 11.5. The van der Waals surface area contributed by atoms with E-state index in [1.807, 2.05) is 31.2 Å². The second kappa shape index (κ2) is 7.00. The molecule has 0 saturated heterocycles. The van der Waals surface area contributed by atoms with E-state index >= 15 is 0 Å². The zero-order chi connectivity index (χ0) is 13.5. The molecule has 18 heavy (non-hydrogen) atoms. The van der Waals surface area contributed by atoms with Gasteiger partial charge in [0.1, 0.15) is 0 Å². The van der Waals surface area contributed by atoms with Crippen LogP contribution in [0.5, 0.6) is 0 Å². The van der Waals surface area contributed by atoms with Crippen molar-refractivity contribution in [2.24, 2.45) is 0 Å². The van der Waals surface area contributed by atoms with Crippen LogP contribution in [0.2, 0.25) is 0 Å². The first kappa shape index (κ1) is 14.5. The third-order valence-corrected chi connectivity index (χ3v) is 3.09. The van der Waals surface area contributed by atoms with Gasteiger partial charge in [-0.1, -0.05) is 50.3 Å². The smallest absolute Gasteiger partial charge is 0.0716 e. The van der Waals surface area contributed by atoms with Crippen LogP contribution in [0, 0.1) is 0 Å². The molecule has 0 N–H and O–H groups in total. The average molecular weight is 247 g/mol. The molecule has 1 rings (SSSR count). The lowest BCUT2D eigenvalue weighted by Crippen LogP contribution is -2.08. The van der Waals surface area contributed by atoms with Crippen molar-refractivity contribution in [3.8, 4) is 0 Å². The monoisotopic (exact) mass is 247 g/mol. The summed E-state index contributed by atoms with van der Waals surface area (Å²) in [5, 5.41) is 0.678. The molecule has 0 radical (unpaired) electrons. The van der Waals surface area contributed by atoms with Crippen LogP contribution < -0.4 is 0 Å². The lowest BCUT2D eigenvalue weighted by Gasteiger charge is -2.18. The summed E-state index contributed by atoms with van der Waals surface area (Å²) in [6.07, 6.45) is 6.84. The van der Waals surface area contributed by atoms with Gasteiger partial charge >= 0.3 is 0 Å². The molecule has 1 nitrogen and oxygen atoms in total. The molecular formula is C16H22FN. The van der Waals surface area contributed by atoms with Crippen molar-refractivity contribution in [1.29, 1.82) is 0 Å². The van der Waals surface area contributed by atoms with E-state index in [1.165, 1.54) is 12.6 Å². The van der Waals surface area contributed by atoms with Gasteiger partial charge in [0.05, 0.1) is 5.70 Å². The van der Waals surface area contributed by atoms with Crippen LogP contribution in [0.4, 0.5) is 4.48 Å². The Hall–Kier alpha value is -1.57. The third-order valence-electron chi connectivity index (χ3n) is 3.09. The van der Waals surface area contributed by atoms with Crippen molar-refractivity contribution < 1.29 is 4.48 Å². The normalized spacial score (nSPS) is 11.4. The molecule has 0 bridgehead atoms. The van der Waals surface area contributed by atoms with E-state index in [0.29, 0.717) is 10.8 Å². The fraction of sp³-hybridized carbons (Fsp3) is 0.375. The van der Waals surface area contributed by atoms with Crippen molar-refractivity contribution >= 4 is 11.8 Å². The van der Waals surface area contributed by atoms with Gasteiger partial charge in [-0.25, -0.2) is 5.12 Å². The predicted molar refractivity (Wildman–Crippen MR) is 77.7 cm³/mol. The van der Waals surface area contributed by atoms with E-state index in [0.717, 1.165) is 30.4 Å². The fourth-order valence-corrected chi connectivity index (χ4v) is 2.17. The Morgan fingerprint density at radius 2 is 2.17 bits per heavy atom. The lowest BCUT2D eigenvalue weighted by molar-refractivity contribution is 0.145. The van der Waals surface area contributed by atoms with Crippen molar-refractivity contribution in [3.05, 3.63) is 47.5 Å². The van der Waals surface area contributed by atoms with Gasteiger partial charge < -0.3 is 0 Å². The number of nitrogens with zero attached hydrogens (tertiary/aromatic N) is 1. The van der Waals surface area contributed by atoms with Gasteiger partial charge in [0.2, 0.25) is 0 Å².